The number of carboxylic acids is 1. The second kappa shape index (κ2) is 5.57. The van der Waals surface area contributed by atoms with E-state index in [1.807, 2.05) is 7.05 Å². The van der Waals surface area contributed by atoms with Crippen molar-refractivity contribution in [2.24, 2.45) is 11.8 Å². The van der Waals surface area contributed by atoms with Gasteiger partial charge in [-0.25, -0.2) is 4.79 Å². The Morgan fingerprint density at radius 3 is 2.84 bits per heavy atom. The molecule has 19 heavy (non-hydrogen) atoms. The van der Waals surface area contributed by atoms with E-state index >= 15 is 0 Å². The molecule has 1 aromatic heterocycles. The molecule has 1 N–H and O–H groups in total. The second-order valence-electron chi connectivity index (χ2n) is 5.07. The molecule has 0 radical (unpaired) electrons. The first-order valence-electron chi connectivity index (χ1n) is 6.22. The number of carbonyl (C=O) groups excluding carboxylic acids is 1. The van der Waals surface area contributed by atoms with Gasteiger partial charge in [0, 0.05) is 29.9 Å². The fraction of sp³-hybridized carbons (Fsp3) is 0.429. The average Bonchev–Trinajstić information content (AvgIpc) is 2.88. The number of aliphatic carboxylic acids is 1. The number of nitrogens with zero attached hydrogens (tertiary/aromatic N) is 1. The van der Waals surface area contributed by atoms with Crippen molar-refractivity contribution in [2.75, 3.05) is 13.6 Å². The first kappa shape index (κ1) is 13.8. The first-order chi connectivity index (χ1) is 8.97. The van der Waals surface area contributed by atoms with E-state index in [1.54, 1.807) is 16.3 Å². The molecule has 5 heteroatoms. The summed E-state index contributed by atoms with van der Waals surface area (Å²) in [5.41, 5.74) is 0.630. The number of thiophene rings is 1. The van der Waals surface area contributed by atoms with Gasteiger partial charge in [-0.2, -0.15) is 0 Å². The van der Waals surface area contributed by atoms with Gasteiger partial charge in [0.05, 0.1) is 5.56 Å². The van der Waals surface area contributed by atoms with Gasteiger partial charge < -0.3 is 10.0 Å². The van der Waals surface area contributed by atoms with Gasteiger partial charge in [-0.3, -0.25) is 4.79 Å². The zero-order valence-corrected chi connectivity index (χ0v) is 11.8. The van der Waals surface area contributed by atoms with Crippen molar-refractivity contribution >= 4 is 29.3 Å². The van der Waals surface area contributed by atoms with Crippen molar-refractivity contribution in [1.29, 1.82) is 0 Å². The summed E-state index contributed by atoms with van der Waals surface area (Å²) in [4.78, 5) is 25.1. The molecule has 1 aromatic rings. The number of amides is 1. The maximum absolute atomic E-state index is 12.2. The number of hydrogen-bond donors (Lipinski definition) is 1. The zero-order valence-electron chi connectivity index (χ0n) is 11.0. The Balaban J connectivity index is 1.97. The van der Waals surface area contributed by atoms with Crippen LogP contribution in [0.15, 0.2) is 17.5 Å². The van der Waals surface area contributed by atoms with Crippen LogP contribution >= 0.6 is 11.3 Å². The second-order valence-corrected chi connectivity index (χ2v) is 6.01. The fourth-order valence-corrected chi connectivity index (χ4v) is 2.79. The molecule has 2 unspecified atom stereocenters. The highest BCUT2D eigenvalue weighted by Crippen LogP contribution is 2.38. The minimum absolute atomic E-state index is 0.00493. The third kappa shape index (κ3) is 3.67. The zero-order chi connectivity index (χ0) is 14.0. The Kier molecular flexibility index (Phi) is 4.04. The molecule has 4 nitrogen and oxygen atoms in total. The van der Waals surface area contributed by atoms with Crippen molar-refractivity contribution in [2.45, 2.75) is 13.3 Å². The molecule has 2 rings (SSSR count). The quantitative estimate of drug-likeness (QED) is 0.843. The number of carboxylic acid groups (broad SMARTS) is 1. The SMILES string of the molecule is CC1CC1CN(C)C(=O)c1csc(C=CC(=O)O)c1. The highest BCUT2D eigenvalue weighted by molar-refractivity contribution is 7.11. The van der Waals surface area contributed by atoms with Crippen LogP contribution in [0.2, 0.25) is 0 Å². The summed E-state index contributed by atoms with van der Waals surface area (Å²) in [5.74, 6) is 0.386. The summed E-state index contributed by atoms with van der Waals surface area (Å²) >= 11 is 1.37. The van der Waals surface area contributed by atoms with E-state index in [-0.39, 0.29) is 5.91 Å². The molecule has 2 atom stereocenters. The molecule has 0 aliphatic heterocycles. The lowest BCUT2D eigenvalue weighted by Crippen LogP contribution is -2.28. The molecule has 1 fully saturated rings. The van der Waals surface area contributed by atoms with Crippen molar-refractivity contribution in [3.8, 4) is 0 Å². The Hall–Kier alpha value is -1.62. The van der Waals surface area contributed by atoms with Gasteiger partial charge in [0.25, 0.3) is 5.91 Å². The molecule has 1 aliphatic carbocycles. The predicted molar refractivity (Wildman–Crippen MR) is 75.2 cm³/mol. The normalized spacial score (nSPS) is 21.6. The Morgan fingerprint density at radius 1 is 1.58 bits per heavy atom. The van der Waals surface area contributed by atoms with Gasteiger partial charge in [0.2, 0.25) is 0 Å². The van der Waals surface area contributed by atoms with Gasteiger partial charge in [0.15, 0.2) is 0 Å². The largest absolute Gasteiger partial charge is 0.478 e. The van der Waals surface area contributed by atoms with E-state index in [0.717, 1.165) is 23.4 Å². The van der Waals surface area contributed by atoms with Crippen molar-refractivity contribution in [1.82, 2.24) is 4.90 Å². The molecule has 1 heterocycles. The van der Waals surface area contributed by atoms with Crippen molar-refractivity contribution in [3.63, 3.8) is 0 Å². The van der Waals surface area contributed by atoms with Crippen LogP contribution in [0.3, 0.4) is 0 Å². The molecule has 0 saturated heterocycles. The molecular formula is C14H17NO3S. The Labute approximate surface area is 116 Å². The minimum Gasteiger partial charge on any atom is -0.478 e. The van der Waals surface area contributed by atoms with Crippen molar-refractivity contribution in [3.05, 3.63) is 28.0 Å². The highest BCUT2D eigenvalue weighted by Gasteiger charge is 2.34. The van der Waals surface area contributed by atoms with Crippen LogP contribution in [0.1, 0.15) is 28.6 Å². The molecule has 102 valence electrons. The average molecular weight is 279 g/mol. The lowest BCUT2D eigenvalue weighted by Gasteiger charge is -2.16. The summed E-state index contributed by atoms with van der Waals surface area (Å²) in [6.45, 7) is 3.00. The smallest absolute Gasteiger partial charge is 0.328 e. The highest BCUT2D eigenvalue weighted by atomic mass is 32.1. The monoisotopic (exact) mass is 279 g/mol. The van der Waals surface area contributed by atoms with Crippen LogP contribution in [-0.2, 0) is 4.79 Å². The van der Waals surface area contributed by atoms with E-state index in [1.165, 1.54) is 23.8 Å². The summed E-state index contributed by atoms with van der Waals surface area (Å²) in [5, 5.41) is 10.3. The molecule has 0 aromatic carbocycles. The van der Waals surface area contributed by atoms with E-state index in [9.17, 15) is 9.59 Å². The Morgan fingerprint density at radius 2 is 2.26 bits per heavy atom. The number of rotatable bonds is 5. The summed E-state index contributed by atoms with van der Waals surface area (Å²) in [6.07, 6.45) is 3.79. The van der Waals surface area contributed by atoms with Gasteiger partial charge in [-0.15, -0.1) is 11.3 Å². The number of carbonyl (C=O) groups is 2. The molecule has 1 amide bonds. The van der Waals surface area contributed by atoms with E-state index in [4.69, 9.17) is 5.11 Å². The molecule has 0 spiro atoms. The van der Waals surface area contributed by atoms with E-state index in [2.05, 4.69) is 6.92 Å². The summed E-state index contributed by atoms with van der Waals surface area (Å²) < 4.78 is 0. The minimum atomic E-state index is -0.985. The Bertz CT molecular complexity index is 521. The third-order valence-corrected chi connectivity index (χ3v) is 4.29. The van der Waals surface area contributed by atoms with Crippen LogP contribution in [0.5, 0.6) is 0 Å². The van der Waals surface area contributed by atoms with Crippen LogP contribution < -0.4 is 0 Å². The molecule has 0 bridgehead atoms. The topological polar surface area (TPSA) is 57.6 Å². The van der Waals surface area contributed by atoms with Crippen LogP contribution in [-0.4, -0.2) is 35.5 Å². The predicted octanol–water partition coefficient (Wildman–Crippen LogP) is 2.57. The van der Waals surface area contributed by atoms with Gasteiger partial charge >= 0.3 is 5.97 Å². The lowest BCUT2D eigenvalue weighted by molar-refractivity contribution is -0.131. The van der Waals surface area contributed by atoms with Crippen LogP contribution in [0, 0.1) is 11.8 Å². The lowest BCUT2D eigenvalue weighted by atomic mass is 10.2. The van der Waals surface area contributed by atoms with Gasteiger partial charge in [0.1, 0.15) is 0 Å². The third-order valence-electron chi connectivity index (χ3n) is 3.39. The summed E-state index contributed by atoms with van der Waals surface area (Å²) in [6, 6.07) is 1.74. The molecular weight excluding hydrogens is 262 g/mol. The van der Waals surface area contributed by atoms with E-state index < -0.39 is 5.97 Å². The fourth-order valence-electron chi connectivity index (χ4n) is 2.01. The number of hydrogen-bond acceptors (Lipinski definition) is 3. The van der Waals surface area contributed by atoms with E-state index in [0.29, 0.717) is 11.5 Å². The van der Waals surface area contributed by atoms with Gasteiger partial charge in [-0.05, 0) is 30.4 Å². The first-order valence-corrected chi connectivity index (χ1v) is 7.10. The molecule has 1 saturated carbocycles. The maximum atomic E-state index is 12.2. The molecule has 1 aliphatic rings. The van der Waals surface area contributed by atoms with Crippen LogP contribution in [0.4, 0.5) is 0 Å². The van der Waals surface area contributed by atoms with Gasteiger partial charge in [-0.1, -0.05) is 6.92 Å². The standard InChI is InChI=1S/C14H17NO3S/c1-9-5-10(9)7-15(2)14(18)11-6-12(19-8-11)3-4-13(16)17/h3-4,6,8-10H,5,7H2,1-2H3,(H,16,17). The summed E-state index contributed by atoms with van der Waals surface area (Å²) in [7, 11) is 1.82. The van der Waals surface area contributed by atoms with Crippen LogP contribution in [0.25, 0.3) is 6.08 Å². The van der Waals surface area contributed by atoms with Crippen molar-refractivity contribution < 1.29 is 14.7 Å². The maximum Gasteiger partial charge on any atom is 0.328 e.